The summed E-state index contributed by atoms with van der Waals surface area (Å²) in [7, 11) is -1.84. The molecule has 6 heteroatoms. The number of aliphatic hydroxyl groups is 1. The molecule has 0 aliphatic heterocycles. The molecule has 0 atom stereocenters. The average molecular weight is 318 g/mol. The van der Waals surface area contributed by atoms with Crippen LogP contribution in [0.4, 0.5) is 8.78 Å². The van der Waals surface area contributed by atoms with E-state index >= 15 is 0 Å². The van der Waals surface area contributed by atoms with Gasteiger partial charge in [-0.2, -0.15) is 0 Å². The van der Waals surface area contributed by atoms with Crippen molar-refractivity contribution in [1.29, 1.82) is 0 Å². The van der Waals surface area contributed by atoms with E-state index in [4.69, 9.17) is 14.3 Å². The van der Waals surface area contributed by atoms with Crippen LogP contribution in [0.5, 0.6) is 5.75 Å². The molecule has 0 aliphatic rings. The third kappa shape index (κ3) is 4.76. The van der Waals surface area contributed by atoms with Crippen LogP contribution in [0.15, 0.2) is 12.1 Å². The van der Waals surface area contributed by atoms with E-state index in [1.54, 1.807) is 0 Å². The number of aliphatic hydroxyl groups excluding tert-OH is 1. The summed E-state index contributed by atoms with van der Waals surface area (Å²) in [5.74, 6) is -1.52. The van der Waals surface area contributed by atoms with Gasteiger partial charge in [0.2, 0.25) is 0 Å². The van der Waals surface area contributed by atoms with Crippen LogP contribution in [0.1, 0.15) is 26.3 Å². The maximum atomic E-state index is 13.5. The molecule has 1 N–H and O–H groups in total. The molecule has 0 fully saturated rings. The van der Waals surface area contributed by atoms with Gasteiger partial charge in [0.25, 0.3) is 0 Å². The first-order valence-corrected chi connectivity index (χ1v) is 9.85. The van der Waals surface area contributed by atoms with Crippen molar-refractivity contribution in [1.82, 2.24) is 0 Å². The van der Waals surface area contributed by atoms with E-state index in [-0.39, 0.29) is 23.0 Å². The van der Waals surface area contributed by atoms with Crippen molar-refractivity contribution in [2.45, 2.75) is 45.5 Å². The van der Waals surface area contributed by atoms with Gasteiger partial charge in [-0.15, -0.1) is 0 Å². The van der Waals surface area contributed by atoms with E-state index in [9.17, 15) is 8.78 Å². The van der Waals surface area contributed by atoms with E-state index < -0.39 is 26.6 Å². The zero-order valence-corrected chi connectivity index (χ0v) is 14.3. The molecule has 1 rings (SSSR count). The lowest BCUT2D eigenvalue weighted by atomic mass is 10.2. The maximum absolute atomic E-state index is 13.5. The molecule has 1 aromatic carbocycles. The molecule has 0 saturated heterocycles. The first-order valence-electron chi connectivity index (χ1n) is 6.94. The molecule has 0 radical (unpaired) electrons. The highest BCUT2D eigenvalue weighted by Gasteiger charge is 2.36. The smallest absolute Gasteiger partial charge is 0.192 e. The molecule has 0 spiro atoms. The van der Waals surface area contributed by atoms with Crippen LogP contribution < -0.4 is 4.74 Å². The van der Waals surface area contributed by atoms with Gasteiger partial charge in [-0.3, -0.25) is 0 Å². The summed E-state index contributed by atoms with van der Waals surface area (Å²) < 4.78 is 38.1. The van der Waals surface area contributed by atoms with Gasteiger partial charge in [-0.1, -0.05) is 20.8 Å². The summed E-state index contributed by atoms with van der Waals surface area (Å²) >= 11 is 0. The SMILES string of the molecule is CC(C)(C)[Si](C)(C)OCCOc1cc(F)c(CO)c(F)c1. The highest BCUT2D eigenvalue weighted by molar-refractivity contribution is 6.74. The second-order valence-electron chi connectivity index (χ2n) is 6.48. The van der Waals surface area contributed by atoms with Gasteiger partial charge < -0.3 is 14.3 Å². The first kappa shape index (κ1) is 18.1. The van der Waals surface area contributed by atoms with Crippen LogP contribution >= 0.6 is 0 Å². The maximum Gasteiger partial charge on any atom is 0.192 e. The minimum atomic E-state index is -1.84. The van der Waals surface area contributed by atoms with Crippen LogP contribution in [-0.4, -0.2) is 26.6 Å². The second kappa shape index (κ2) is 6.85. The topological polar surface area (TPSA) is 38.7 Å². The zero-order chi connectivity index (χ0) is 16.3. The molecule has 0 saturated carbocycles. The third-order valence-corrected chi connectivity index (χ3v) is 8.43. The molecule has 0 heterocycles. The summed E-state index contributed by atoms with van der Waals surface area (Å²) in [4.78, 5) is 0. The number of ether oxygens (including phenoxy) is 1. The van der Waals surface area contributed by atoms with Crippen LogP contribution in [0.25, 0.3) is 0 Å². The molecule has 0 aliphatic carbocycles. The Bertz CT molecular complexity index is 461. The van der Waals surface area contributed by atoms with Gasteiger partial charge >= 0.3 is 0 Å². The summed E-state index contributed by atoms with van der Waals surface area (Å²) in [6.45, 7) is 10.6. The van der Waals surface area contributed by atoms with Crippen LogP contribution in [0.2, 0.25) is 18.1 Å². The third-order valence-electron chi connectivity index (χ3n) is 3.89. The van der Waals surface area contributed by atoms with Crippen LogP contribution in [-0.2, 0) is 11.0 Å². The predicted molar refractivity (Wildman–Crippen MR) is 80.9 cm³/mol. The minimum Gasteiger partial charge on any atom is -0.491 e. The molecule has 3 nitrogen and oxygen atoms in total. The van der Waals surface area contributed by atoms with E-state index in [2.05, 4.69) is 33.9 Å². The minimum absolute atomic E-state index is 0.0982. The van der Waals surface area contributed by atoms with Gasteiger partial charge in [0.1, 0.15) is 24.0 Å². The number of hydrogen-bond acceptors (Lipinski definition) is 3. The Hall–Kier alpha value is -0.983. The lowest BCUT2D eigenvalue weighted by Crippen LogP contribution is -2.41. The molecule has 0 amide bonds. The van der Waals surface area contributed by atoms with Crippen molar-refractivity contribution in [3.63, 3.8) is 0 Å². The standard InChI is InChI=1S/C15H24F2O3Si/c1-15(2,3)21(4,5)20-7-6-19-11-8-13(16)12(10-18)14(17)9-11/h8-9,18H,6-7,10H2,1-5H3. The van der Waals surface area contributed by atoms with Crippen molar-refractivity contribution in [2.75, 3.05) is 13.2 Å². The van der Waals surface area contributed by atoms with Gasteiger partial charge in [-0.25, -0.2) is 8.78 Å². The second-order valence-corrected chi connectivity index (χ2v) is 11.3. The van der Waals surface area contributed by atoms with E-state index in [1.807, 2.05) is 0 Å². The number of rotatable bonds is 6. The Labute approximate surface area is 126 Å². The molecule has 1 aromatic rings. The van der Waals surface area contributed by atoms with Crippen LogP contribution in [0, 0.1) is 11.6 Å². The molecular weight excluding hydrogens is 294 g/mol. The lowest BCUT2D eigenvalue weighted by Gasteiger charge is -2.36. The highest BCUT2D eigenvalue weighted by Crippen LogP contribution is 2.36. The fourth-order valence-corrected chi connectivity index (χ4v) is 2.51. The van der Waals surface area contributed by atoms with E-state index in [0.717, 1.165) is 12.1 Å². The fourth-order valence-electron chi connectivity index (χ4n) is 1.49. The van der Waals surface area contributed by atoms with Gasteiger partial charge in [0.05, 0.1) is 13.2 Å². The number of benzene rings is 1. The van der Waals surface area contributed by atoms with E-state index in [0.29, 0.717) is 6.61 Å². The van der Waals surface area contributed by atoms with Crippen molar-refractivity contribution in [2.24, 2.45) is 0 Å². The molecule has 21 heavy (non-hydrogen) atoms. The fraction of sp³-hybridized carbons (Fsp3) is 0.600. The molecule has 0 bridgehead atoms. The number of hydrogen-bond donors (Lipinski definition) is 1. The average Bonchev–Trinajstić information content (AvgIpc) is 2.33. The van der Waals surface area contributed by atoms with Gasteiger partial charge in [0.15, 0.2) is 8.32 Å². The summed E-state index contributed by atoms with van der Waals surface area (Å²) in [6, 6.07) is 2.14. The Balaban J connectivity index is 2.54. The van der Waals surface area contributed by atoms with E-state index in [1.165, 1.54) is 0 Å². The van der Waals surface area contributed by atoms with Gasteiger partial charge in [-0.05, 0) is 18.1 Å². The molecule has 0 unspecified atom stereocenters. The predicted octanol–water partition coefficient (Wildman–Crippen LogP) is 3.86. The lowest BCUT2D eigenvalue weighted by molar-refractivity contribution is 0.202. The first-order chi connectivity index (χ1) is 9.58. The van der Waals surface area contributed by atoms with Crippen LogP contribution in [0.3, 0.4) is 0 Å². The van der Waals surface area contributed by atoms with Crippen molar-refractivity contribution in [3.05, 3.63) is 29.3 Å². The summed E-state index contributed by atoms with van der Waals surface area (Å²) in [6.07, 6.45) is 0. The summed E-state index contributed by atoms with van der Waals surface area (Å²) in [5, 5.41) is 8.94. The largest absolute Gasteiger partial charge is 0.491 e. The quantitative estimate of drug-likeness (QED) is 0.639. The van der Waals surface area contributed by atoms with Crippen molar-refractivity contribution in [3.8, 4) is 5.75 Å². The van der Waals surface area contributed by atoms with Gasteiger partial charge in [0, 0.05) is 17.7 Å². The number of halogens is 2. The molecule has 0 aromatic heterocycles. The zero-order valence-electron chi connectivity index (χ0n) is 13.3. The summed E-state index contributed by atoms with van der Waals surface area (Å²) in [5.41, 5.74) is -0.347. The molecular formula is C15H24F2O3Si. The highest BCUT2D eigenvalue weighted by atomic mass is 28.4. The monoisotopic (exact) mass is 318 g/mol. The Morgan fingerprint density at radius 2 is 1.62 bits per heavy atom. The Kier molecular flexibility index (Phi) is 5.89. The Morgan fingerprint density at radius 3 is 2.05 bits per heavy atom. The normalized spacial score (nSPS) is 12.6. The van der Waals surface area contributed by atoms with Crippen molar-refractivity contribution >= 4 is 8.32 Å². The van der Waals surface area contributed by atoms with Crippen molar-refractivity contribution < 1.29 is 23.1 Å². The molecule has 120 valence electrons. The Morgan fingerprint density at radius 1 is 1.10 bits per heavy atom.